The number of nitrogens with one attached hydrogen (secondary N) is 1. The van der Waals surface area contributed by atoms with Crippen LogP contribution in [0.3, 0.4) is 0 Å². The summed E-state index contributed by atoms with van der Waals surface area (Å²) in [5.74, 6) is -0.929. The van der Waals surface area contributed by atoms with Gasteiger partial charge in [0.2, 0.25) is 5.91 Å². The molecule has 0 unspecified atom stereocenters. The molecular formula is C12H24N2O3. The molecule has 5 heteroatoms. The minimum absolute atomic E-state index is 0.0915. The summed E-state index contributed by atoms with van der Waals surface area (Å²) in [6.07, 6.45) is 1.44. The van der Waals surface area contributed by atoms with E-state index in [-0.39, 0.29) is 12.5 Å². The highest BCUT2D eigenvalue weighted by molar-refractivity contribution is 5.79. The summed E-state index contributed by atoms with van der Waals surface area (Å²) in [7, 11) is 3.79. The van der Waals surface area contributed by atoms with Crippen LogP contribution in [0.25, 0.3) is 0 Å². The second-order valence-corrected chi connectivity index (χ2v) is 4.62. The number of carboxylic acids is 1. The quantitative estimate of drug-likeness (QED) is 0.667. The first kappa shape index (κ1) is 15.9. The van der Waals surface area contributed by atoms with E-state index in [1.165, 1.54) is 0 Å². The van der Waals surface area contributed by atoms with Crippen LogP contribution in [0, 0.1) is 5.41 Å². The Morgan fingerprint density at radius 2 is 1.76 bits per heavy atom. The van der Waals surface area contributed by atoms with Crippen molar-refractivity contribution < 1.29 is 14.7 Å². The van der Waals surface area contributed by atoms with Crippen molar-refractivity contribution in [1.29, 1.82) is 0 Å². The van der Waals surface area contributed by atoms with Gasteiger partial charge in [-0.1, -0.05) is 13.8 Å². The van der Waals surface area contributed by atoms with E-state index in [0.717, 1.165) is 0 Å². The molecule has 5 nitrogen and oxygen atoms in total. The van der Waals surface area contributed by atoms with Crippen molar-refractivity contribution in [1.82, 2.24) is 10.2 Å². The number of aliphatic carboxylic acids is 1. The van der Waals surface area contributed by atoms with Gasteiger partial charge in [-0.3, -0.25) is 9.59 Å². The van der Waals surface area contributed by atoms with Crippen LogP contribution >= 0.6 is 0 Å². The Balaban J connectivity index is 4.22. The molecule has 0 bridgehead atoms. The van der Waals surface area contributed by atoms with Crippen LogP contribution in [0.4, 0.5) is 0 Å². The fourth-order valence-corrected chi connectivity index (χ4v) is 1.56. The summed E-state index contributed by atoms with van der Waals surface area (Å²) in [5, 5.41) is 11.9. The maximum atomic E-state index is 11.5. The fourth-order valence-electron chi connectivity index (χ4n) is 1.56. The lowest BCUT2D eigenvalue weighted by Crippen LogP contribution is -2.42. The molecule has 0 aromatic carbocycles. The van der Waals surface area contributed by atoms with Crippen LogP contribution in [-0.2, 0) is 9.59 Å². The predicted octanol–water partition coefficient (Wildman–Crippen LogP) is 0.945. The van der Waals surface area contributed by atoms with Crippen molar-refractivity contribution in [2.24, 2.45) is 5.41 Å². The highest BCUT2D eigenvalue weighted by Gasteiger charge is 2.34. The highest BCUT2D eigenvalue weighted by Crippen LogP contribution is 2.25. The Kier molecular flexibility index (Phi) is 6.80. The molecule has 0 aromatic rings. The number of carboxylic acid groups (broad SMARTS) is 1. The number of hydrogen-bond donors (Lipinski definition) is 2. The molecule has 17 heavy (non-hydrogen) atoms. The van der Waals surface area contributed by atoms with Gasteiger partial charge in [0.1, 0.15) is 0 Å². The van der Waals surface area contributed by atoms with Gasteiger partial charge in [0.05, 0.1) is 5.41 Å². The van der Waals surface area contributed by atoms with Gasteiger partial charge in [-0.25, -0.2) is 0 Å². The second-order valence-electron chi connectivity index (χ2n) is 4.62. The number of hydrogen-bond acceptors (Lipinski definition) is 3. The lowest BCUT2D eigenvalue weighted by molar-refractivity contribution is -0.149. The van der Waals surface area contributed by atoms with E-state index in [4.69, 9.17) is 0 Å². The van der Waals surface area contributed by atoms with E-state index in [0.29, 0.717) is 25.8 Å². The molecule has 0 aliphatic heterocycles. The molecule has 0 rings (SSSR count). The Hall–Kier alpha value is -1.10. The standard InChI is InChI=1S/C12H24N2O3/c1-5-12(6-2,11(16)17)9-13-10(15)7-8-14(3)4/h5-9H2,1-4H3,(H,13,15)(H,16,17). The largest absolute Gasteiger partial charge is 0.481 e. The van der Waals surface area contributed by atoms with Gasteiger partial charge in [0, 0.05) is 19.5 Å². The SMILES string of the molecule is CCC(CC)(CNC(=O)CCN(C)C)C(=O)O. The molecule has 0 aliphatic rings. The van der Waals surface area contributed by atoms with Crippen LogP contribution < -0.4 is 5.32 Å². The molecule has 0 saturated heterocycles. The lowest BCUT2D eigenvalue weighted by atomic mass is 9.82. The first-order valence-corrected chi connectivity index (χ1v) is 6.02. The Bertz CT molecular complexity index is 260. The molecule has 100 valence electrons. The molecule has 0 radical (unpaired) electrons. The topological polar surface area (TPSA) is 69.6 Å². The minimum Gasteiger partial charge on any atom is -0.481 e. The molecule has 0 heterocycles. The first-order chi connectivity index (χ1) is 7.88. The van der Waals surface area contributed by atoms with Crippen LogP contribution in [0.15, 0.2) is 0 Å². The van der Waals surface area contributed by atoms with Crippen molar-refractivity contribution in [2.45, 2.75) is 33.1 Å². The Labute approximate surface area is 103 Å². The number of carbonyl (C=O) groups excluding carboxylic acids is 1. The summed E-state index contributed by atoms with van der Waals surface area (Å²) < 4.78 is 0. The average Bonchev–Trinajstić information content (AvgIpc) is 2.28. The van der Waals surface area contributed by atoms with E-state index < -0.39 is 11.4 Å². The molecule has 2 N–H and O–H groups in total. The van der Waals surface area contributed by atoms with Crippen molar-refractivity contribution in [3.63, 3.8) is 0 Å². The summed E-state index contributed by atoms with van der Waals surface area (Å²) >= 11 is 0. The van der Waals surface area contributed by atoms with E-state index >= 15 is 0 Å². The average molecular weight is 244 g/mol. The first-order valence-electron chi connectivity index (χ1n) is 6.02. The molecule has 0 fully saturated rings. The third kappa shape index (κ3) is 5.17. The molecular weight excluding hydrogens is 220 g/mol. The third-order valence-electron chi connectivity index (χ3n) is 3.22. The lowest BCUT2D eigenvalue weighted by Gasteiger charge is -2.26. The van der Waals surface area contributed by atoms with Gasteiger partial charge in [-0.15, -0.1) is 0 Å². The monoisotopic (exact) mass is 244 g/mol. The van der Waals surface area contributed by atoms with E-state index in [9.17, 15) is 14.7 Å². The van der Waals surface area contributed by atoms with Gasteiger partial charge in [0.25, 0.3) is 0 Å². The summed E-state index contributed by atoms with van der Waals surface area (Å²) in [4.78, 5) is 24.6. The van der Waals surface area contributed by atoms with Gasteiger partial charge < -0.3 is 15.3 Å². The predicted molar refractivity (Wildman–Crippen MR) is 66.8 cm³/mol. The number of nitrogens with zero attached hydrogens (tertiary/aromatic N) is 1. The smallest absolute Gasteiger partial charge is 0.311 e. The normalized spacial score (nSPS) is 11.6. The third-order valence-corrected chi connectivity index (χ3v) is 3.22. The molecule has 0 aliphatic carbocycles. The maximum Gasteiger partial charge on any atom is 0.311 e. The second kappa shape index (κ2) is 7.27. The summed E-state index contributed by atoms with van der Waals surface area (Å²) in [5.41, 5.74) is -0.826. The van der Waals surface area contributed by atoms with Crippen LogP contribution in [-0.4, -0.2) is 49.1 Å². The highest BCUT2D eigenvalue weighted by atomic mass is 16.4. The van der Waals surface area contributed by atoms with Crippen LogP contribution in [0.5, 0.6) is 0 Å². The van der Waals surface area contributed by atoms with E-state index in [2.05, 4.69) is 5.32 Å². The number of carbonyl (C=O) groups is 2. The zero-order valence-electron chi connectivity index (χ0n) is 11.2. The van der Waals surface area contributed by atoms with Crippen molar-refractivity contribution in [3.05, 3.63) is 0 Å². The minimum atomic E-state index is -0.838. The van der Waals surface area contributed by atoms with E-state index in [1.807, 2.05) is 32.8 Å². The van der Waals surface area contributed by atoms with Gasteiger partial charge >= 0.3 is 5.97 Å². The van der Waals surface area contributed by atoms with Crippen LogP contribution in [0.2, 0.25) is 0 Å². The molecule has 0 aromatic heterocycles. The Morgan fingerprint density at radius 1 is 1.24 bits per heavy atom. The van der Waals surface area contributed by atoms with Gasteiger partial charge in [0.15, 0.2) is 0 Å². The zero-order valence-corrected chi connectivity index (χ0v) is 11.2. The molecule has 0 saturated carbocycles. The van der Waals surface area contributed by atoms with Crippen molar-refractivity contribution in [2.75, 3.05) is 27.2 Å². The molecule has 1 amide bonds. The van der Waals surface area contributed by atoms with Crippen molar-refractivity contribution >= 4 is 11.9 Å². The Morgan fingerprint density at radius 3 is 2.12 bits per heavy atom. The number of rotatable bonds is 8. The fraction of sp³-hybridized carbons (Fsp3) is 0.833. The summed E-state index contributed by atoms with van der Waals surface area (Å²) in [6, 6.07) is 0. The zero-order chi connectivity index (χ0) is 13.5. The van der Waals surface area contributed by atoms with E-state index in [1.54, 1.807) is 0 Å². The molecule has 0 spiro atoms. The maximum absolute atomic E-state index is 11.5. The summed E-state index contributed by atoms with van der Waals surface area (Å²) in [6.45, 7) is 4.55. The molecule has 0 atom stereocenters. The van der Waals surface area contributed by atoms with Gasteiger partial charge in [-0.2, -0.15) is 0 Å². The van der Waals surface area contributed by atoms with Crippen LogP contribution in [0.1, 0.15) is 33.1 Å². The van der Waals surface area contributed by atoms with Crippen molar-refractivity contribution in [3.8, 4) is 0 Å². The number of amides is 1. The van der Waals surface area contributed by atoms with Gasteiger partial charge in [-0.05, 0) is 26.9 Å².